The van der Waals surface area contributed by atoms with Gasteiger partial charge in [0.25, 0.3) is 11.8 Å². The standard InChI is InChI=1S/C39H35N3O3S/c1-26-14-19-34(24-27(26)2)41-37(43)28(3)46-35-22-20-33(21-23-35)40-39(45)36(42-38(44)32-12-8-5-9-13-32)25-29-15-17-31(18-16-29)30-10-6-4-7-11-30/h4-25,28H,1-3H3,(H,40,45)(H,41,43)(H,42,44)/b36-25-. The Bertz CT molecular complexity index is 1850. The lowest BCUT2D eigenvalue weighted by molar-refractivity contribution is -0.115. The quantitative estimate of drug-likeness (QED) is 0.107. The van der Waals surface area contributed by atoms with Crippen molar-refractivity contribution in [1.82, 2.24) is 5.32 Å². The van der Waals surface area contributed by atoms with Crippen LogP contribution in [-0.4, -0.2) is 23.0 Å². The van der Waals surface area contributed by atoms with Crippen LogP contribution in [0.5, 0.6) is 0 Å². The molecule has 0 bridgehead atoms. The largest absolute Gasteiger partial charge is 0.325 e. The lowest BCUT2D eigenvalue weighted by atomic mass is 10.0. The predicted molar refractivity (Wildman–Crippen MR) is 189 cm³/mol. The molecule has 0 saturated heterocycles. The molecule has 0 spiro atoms. The highest BCUT2D eigenvalue weighted by atomic mass is 32.2. The van der Waals surface area contributed by atoms with Gasteiger partial charge in [-0.05, 0) is 103 Å². The number of hydrogen-bond acceptors (Lipinski definition) is 4. The molecular weight excluding hydrogens is 591 g/mol. The summed E-state index contributed by atoms with van der Waals surface area (Å²) >= 11 is 1.43. The van der Waals surface area contributed by atoms with Gasteiger partial charge in [0.2, 0.25) is 5.91 Å². The SMILES string of the molecule is Cc1ccc(NC(=O)C(C)Sc2ccc(NC(=O)/C(=C/c3ccc(-c4ccccc4)cc3)NC(=O)c3ccccc3)cc2)cc1C. The van der Waals surface area contributed by atoms with E-state index >= 15 is 0 Å². The Morgan fingerprint density at radius 2 is 1.26 bits per heavy atom. The first-order valence-corrected chi connectivity index (χ1v) is 15.8. The van der Waals surface area contributed by atoms with Crippen LogP contribution < -0.4 is 16.0 Å². The van der Waals surface area contributed by atoms with E-state index in [4.69, 9.17) is 0 Å². The number of rotatable bonds is 10. The predicted octanol–water partition coefficient (Wildman–Crippen LogP) is 8.50. The van der Waals surface area contributed by atoms with Crippen molar-refractivity contribution < 1.29 is 14.4 Å². The van der Waals surface area contributed by atoms with Gasteiger partial charge >= 0.3 is 0 Å². The molecule has 5 rings (SSSR count). The lowest BCUT2D eigenvalue weighted by Gasteiger charge is -2.14. The zero-order chi connectivity index (χ0) is 32.5. The fourth-order valence-corrected chi connectivity index (χ4v) is 5.51. The molecule has 3 N–H and O–H groups in total. The van der Waals surface area contributed by atoms with Crippen LogP contribution in [0.2, 0.25) is 0 Å². The molecule has 0 aliphatic rings. The van der Waals surface area contributed by atoms with Gasteiger partial charge in [-0.25, -0.2) is 0 Å². The third-order valence-corrected chi connectivity index (χ3v) is 8.54. The fourth-order valence-electron chi connectivity index (χ4n) is 4.65. The average Bonchev–Trinajstić information content (AvgIpc) is 3.08. The second-order valence-corrected chi connectivity index (χ2v) is 12.3. The monoisotopic (exact) mass is 625 g/mol. The van der Waals surface area contributed by atoms with Crippen LogP contribution in [0.3, 0.4) is 0 Å². The van der Waals surface area contributed by atoms with E-state index < -0.39 is 5.91 Å². The third kappa shape index (κ3) is 8.61. The van der Waals surface area contributed by atoms with Gasteiger partial charge in [-0.2, -0.15) is 0 Å². The van der Waals surface area contributed by atoms with Gasteiger partial charge in [-0.1, -0.05) is 78.9 Å². The lowest BCUT2D eigenvalue weighted by Crippen LogP contribution is -2.30. The molecular formula is C39H35N3O3S. The van der Waals surface area contributed by atoms with Crippen molar-refractivity contribution in [2.75, 3.05) is 10.6 Å². The molecule has 1 atom stereocenters. The van der Waals surface area contributed by atoms with E-state index in [1.165, 1.54) is 17.3 Å². The van der Waals surface area contributed by atoms with Crippen LogP contribution in [0.15, 0.2) is 138 Å². The van der Waals surface area contributed by atoms with Crippen molar-refractivity contribution in [1.29, 1.82) is 0 Å². The maximum absolute atomic E-state index is 13.5. The van der Waals surface area contributed by atoms with Crippen molar-refractivity contribution in [2.45, 2.75) is 30.9 Å². The first-order chi connectivity index (χ1) is 22.2. The Morgan fingerprint density at radius 1 is 0.652 bits per heavy atom. The number of nitrogens with one attached hydrogen (secondary N) is 3. The summed E-state index contributed by atoms with van der Waals surface area (Å²) in [6.45, 7) is 5.91. The van der Waals surface area contributed by atoms with E-state index in [1.807, 2.05) is 112 Å². The average molecular weight is 626 g/mol. The molecule has 5 aromatic carbocycles. The van der Waals surface area contributed by atoms with E-state index in [2.05, 4.69) is 16.0 Å². The topological polar surface area (TPSA) is 87.3 Å². The van der Waals surface area contributed by atoms with Gasteiger partial charge in [0, 0.05) is 21.8 Å². The van der Waals surface area contributed by atoms with E-state index in [0.717, 1.165) is 32.8 Å². The number of hydrogen-bond donors (Lipinski definition) is 3. The van der Waals surface area contributed by atoms with Gasteiger partial charge in [-0.3, -0.25) is 14.4 Å². The summed E-state index contributed by atoms with van der Waals surface area (Å²) in [7, 11) is 0. The normalized spacial score (nSPS) is 11.8. The number of thioether (sulfide) groups is 1. The molecule has 0 radical (unpaired) electrons. The van der Waals surface area contributed by atoms with E-state index in [9.17, 15) is 14.4 Å². The van der Waals surface area contributed by atoms with Gasteiger partial charge in [-0.15, -0.1) is 11.8 Å². The zero-order valence-corrected chi connectivity index (χ0v) is 26.7. The van der Waals surface area contributed by atoms with Crippen molar-refractivity contribution in [3.63, 3.8) is 0 Å². The summed E-state index contributed by atoms with van der Waals surface area (Å²) in [5.41, 5.74) is 7.07. The Hall–Kier alpha value is -5.40. The number of carbonyl (C=O) groups is 3. The molecule has 46 heavy (non-hydrogen) atoms. The minimum Gasteiger partial charge on any atom is -0.325 e. The molecule has 5 aromatic rings. The highest BCUT2D eigenvalue weighted by Gasteiger charge is 2.17. The second-order valence-electron chi connectivity index (χ2n) is 10.9. The van der Waals surface area contributed by atoms with Gasteiger partial charge in [0.15, 0.2) is 0 Å². The zero-order valence-electron chi connectivity index (χ0n) is 25.9. The molecule has 0 aromatic heterocycles. The van der Waals surface area contributed by atoms with Crippen LogP contribution in [-0.2, 0) is 9.59 Å². The number of amides is 3. The Labute approximate surface area is 274 Å². The van der Waals surface area contributed by atoms with Crippen molar-refractivity contribution in [3.8, 4) is 11.1 Å². The van der Waals surface area contributed by atoms with E-state index in [1.54, 1.807) is 42.5 Å². The number of anilines is 2. The molecule has 1 unspecified atom stereocenters. The molecule has 230 valence electrons. The van der Waals surface area contributed by atoms with Crippen LogP contribution in [0.25, 0.3) is 17.2 Å². The first kappa shape index (κ1) is 32.0. The van der Waals surface area contributed by atoms with Crippen LogP contribution >= 0.6 is 11.8 Å². The number of benzene rings is 5. The van der Waals surface area contributed by atoms with Gasteiger partial charge in [0.1, 0.15) is 5.70 Å². The van der Waals surface area contributed by atoms with Gasteiger partial charge < -0.3 is 16.0 Å². The second kappa shape index (κ2) is 15.1. The Balaban J connectivity index is 1.27. The van der Waals surface area contributed by atoms with Crippen molar-refractivity contribution in [2.24, 2.45) is 0 Å². The molecule has 0 saturated carbocycles. The highest BCUT2D eigenvalue weighted by Crippen LogP contribution is 2.26. The van der Waals surface area contributed by atoms with Crippen LogP contribution in [0, 0.1) is 13.8 Å². The molecule has 6 nitrogen and oxygen atoms in total. The smallest absolute Gasteiger partial charge is 0.272 e. The third-order valence-electron chi connectivity index (χ3n) is 7.43. The maximum Gasteiger partial charge on any atom is 0.272 e. The van der Waals surface area contributed by atoms with Gasteiger partial charge in [0.05, 0.1) is 5.25 Å². The van der Waals surface area contributed by atoms with Crippen LogP contribution in [0.4, 0.5) is 11.4 Å². The summed E-state index contributed by atoms with van der Waals surface area (Å²) in [6.07, 6.45) is 1.66. The number of aryl methyl sites for hydroxylation is 2. The molecule has 0 aliphatic heterocycles. The molecule has 7 heteroatoms. The Morgan fingerprint density at radius 3 is 1.91 bits per heavy atom. The number of carbonyl (C=O) groups excluding carboxylic acids is 3. The summed E-state index contributed by atoms with van der Waals surface area (Å²) in [5.74, 6) is -0.938. The summed E-state index contributed by atoms with van der Waals surface area (Å²) in [4.78, 5) is 40.2. The van der Waals surface area contributed by atoms with Crippen LogP contribution in [0.1, 0.15) is 34.0 Å². The first-order valence-electron chi connectivity index (χ1n) is 14.9. The molecule has 0 heterocycles. The summed E-state index contributed by atoms with van der Waals surface area (Å²) in [5, 5.41) is 8.32. The van der Waals surface area contributed by atoms with E-state index in [-0.39, 0.29) is 22.8 Å². The molecule has 3 amide bonds. The Kier molecular flexibility index (Phi) is 10.5. The highest BCUT2D eigenvalue weighted by molar-refractivity contribution is 8.00. The summed E-state index contributed by atoms with van der Waals surface area (Å²) in [6, 6.07) is 39.7. The summed E-state index contributed by atoms with van der Waals surface area (Å²) < 4.78 is 0. The van der Waals surface area contributed by atoms with E-state index in [0.29, 0.717) is 11.3 Å². The maximum atomic E-state index is 13.5. The fraction of sp³-hybridized carbons (Fsp3) is 0.103. The minimum atomic E-state index is -0.460. The van der Waals surface area contributed by atoms with Crippen molar-refractivity contribution in [3.05, 3.63) is 155 Å². The minimum absolute atomic E-state index is 0.0913. The molecule has 0 fully saturated rings. The van der Waals surface area contributed by atoms with Crippen molar-refractivity contribution >= 4 is 46.9 Å². The molecule has 0 aliphatic carbocycles.